The zero-order valence-electron chi connectivity index (χ0n) is 10.3. The lowest BCUT2D eigenvalue weighted by molar-refractivity contribution is 0.453. The normalized spacial score (nSPS) is 10.6. The maximum absolute atomic E-state index is 5.75. The molecule has 0 aliphatic heterocycles. The van der Waals surface area contributed by atoms with Gasteiger partial charge in [0.15, 0.2) is 5.75 Å². The number of rotatable bonds is 3. The monoisotopic (exact) mass is 232 g/mol. The maximum Gasteiger partial charge on any atom is 0.219 e. The Morgan fingerprint density at radius 2 is 2.12 bits per heavy atom. The summed E-state index contributed by atoms with van der Waals surface area (Å²) in [6, 6.07) is 5.56. The van der Waals surface area contributed by atoms with Gasteiger partial charge >= 0.3 is 0 Å². The number of aromatic nitrogens is 3. The Kier molecular flexibility index (Phi) is 3.10. The summed E-state index contributed by atoms with van der Waals surface area (Å²) in [6.07, 6.45) is 0. The molecule has 0 atom stereocenters. The van der Waals surface area contributed by atoms with Crippen molar-refractivity contribution in [2.24, 2.45) is 12.8 Å². The van der Waals surface area contributed by atoms with Crippen molar-refractivity contribution in [3.8, 4) is 11.6 Å². The minimum Gasteiger partial charge on any atom is -0.435 e. The molecule has 0 radical (unpaired) electrons. The van der Waals surface area contributed by atoms with E-state index in [2.05, 4.69) is 10.1 Å². The van der Waals surface area contributed by atoms with Crippen molar-refractivity contribution in [3.63, 3.8) is 0 Å². The van der Waals surface area contributed by atoms with Gasteiger partial charge in [0.2, 0.25) is 5.88 Å². The minimum atomic E-state index is 0.405. The fraction of sp³-hybridized carbons (Fsp3) is 0.333. The summed E-state index contributed by atoms with van der Waals surface area (Å²) in [5.41, 5.74) is 8.17. The van der Waals surface area contributed by atoms with Crippen LogP contribution in [0.3, 0.4) is 0 Å². The Bertz CT molecular complexity index is 533. The molecule has 5 nitrogen and oxygen atoms in total. The number of hydrogen-bond donors (Lipinski definition) is 1. The van der Waals surface area contributed by atoms with Crippen LogP contribution in [0.25, 0.3) is 0 Å². The molecular weight excluding hydrogens is 216 g/mol. The van der Waals surface area contributed by atoms with Crippen molar-refractivity contribution < 1.29 is 4.74 Å². The van der Waals surface area contributed by atoms with Crippen LogP contribution in [0.2, 0.25) is 0 Å². The van der Waals surface area contributed by atoms with E-state index in [9.17, 15) is 0 Å². The van der Waals surface area contributed by atoms with Gasteiger partial charge in [0.1, 0.15) is 5.69 Å². The molecule has 0 amide bonds. The Balaban J connectivity index is 2.31. The fourth-order valence-corrected chi connectivity index (χ4v) is 1.63. The van der Waals surface area contributed by atoms with E-state index in [-0.39, 0.29) is 0 Å². The predicted molar refractivity (Wildman–Crippen MR) is 64.9 cm³/mol. The highest BCUT2D eigenvalue weighted by Crippen LogP contribution is 2.26. The maximum atomic E-state index is 5.75. The van der Waals surface area contributed by atoms with Gasteiger partial charge in [0.25, 0.3) is 0 Å². The van der Waals surface area contributed by atoms with Gasteiger partial charge in [-0.1, -0.05) is 6.07 Å². The number of pyridine rings is 1. The first-order valence-corrected chi connectivity index (χ1v) is 5.46. The van der Waals surface area contributed by atoms with Crippen LogP contribution in [0.15, 0.2) is 18.2 Å². The summed E-state index contributed by atoms with van der Waals surface area (Å²) in [5, 5.41) is 4.29. The van der Waals surface area contributed by atoms with Gasteiger partial charge in [-0.2, -0.15) is 5.10 Å². The molecule has 5 heteroatoms. The SMILES string of the molecule is Cc1nn(C)c(C)c1Oc1cccc(CN)n1. The van der Waals surface area contributed by atoms with Crippen molar-refractivity contribution in [1.29, 1.82) is 0 Å². The highest BCUT2D eigenvalue weighted by atomic mass is 16.5. The third-order valence-electron chi connectivity index (χ3n) is 2.64. The standard InChI is InChI=1S/C12H16N4O/c1-8-12(9(2)16(3)15-8)17-11-6-4-5-10(7-13)14-11/h4-6H,7,13H2,1-3H3. The summed E-state index contributed by atoms with van der Waals surface area (Å²) in [7, 11) is 1.89. The van der Waals surface area contributed by atoms with E-state index in [1.54, 1.807) is 4.68 Å². The number of hydrogen-bond acceptors (Lipinski definition) is 4. The second kappa shape index (κ2) is 4.55. The predicted octanol–water partition coefficient (Wildman–Crippen LogP) is 1.68. The summed E-state index contributed by atoms with van der Waals surface area (Å²) < 4.78 is 7.54. The molecule has 2 aromatic rings. The van der Waals surface area contributed by atoms with E-state index in [0.29, 0.717) is 12.4 Å². The van der Waals surface area contributed by atoms with Gasteiger partial charge in [-0.25, -0.2) is 4.98 Å². The Labute approximate surface area is 100 Å². The zero-order chi connectivity index (χ0) is 12.4. The Morgan fingerprint density at radius 3 is 2.71 bits per heavy atom. The number of nitrogens with two attached hydrogens (primary N) is 1. The molecule has 2 heterocycles. The zero-order valence-corrected chi connectivity index (χ0v) is 10.3. The molecule has 0 fully saturated rings. The molecular formula is C12H16N4O. The van der Waals surface area contributed by atoms with Gasteiger partial charge < -0.3 is 10.5 Å². The number of nitrogens with zero attached hydrogens (tertiary/aromatic N) is 3. The van der Waals surface area contributed by atoms with Crippen LogP contribution in [-0.4, -0.2) is 14.8 Å². The summed E-state index contributed by atoms with van der Waals surface area (Å²) in [5.74, 6) is 1.31. The van der Waals surface area contributed by atoms with E-state index >= 15 is 0 Å². The molecule has 0 spiro atoms. The molecule has 0 aromatic carbocycles. The van der Waals surface area contributed by atoms with Crippen molar-refractivity contribution in [2.75, 3.05) is 0 Å². The minimum absolute atomic E-state index is 0.405. The second-order valence-corrected chi connectivity index (χ2v) is 3.90. The molecule has 17 heavy (non-hydrogen) atoms. The molecule has 0 saturated heterocycles. The van der Waals surface area contributed by atoms with Gasteiger partial charge in [-0.15, -0.1) is 0 Å². The average molecular weight is 232 g/mol. The molecule has 0 aliphatic rings. The van der Waals surface area contributed by atoms with Crippen molar-refractivity contribution in [1.82, 2.24) is 14.8 Å². The summed E-state index contributed by atoms with van der Waals surface area (Å²) in [4.78, 5) is 4.29. The average Bonchev–Trinajstić information content (AvgIpc) is 2.56. The number of aryl methyl sites for hydroxylation is 2. The van der Waals surface area contributed by atoms with E-state index in [1.807, 2.05) is 39.1 Å². The quantitative estimate of drug-likeness (QED) is 0.874. The van der Waals surface area contributed by atoms with Crippen LogP contribution in [0.5, 0.6) is 11.6 Å². The molecule has 0 aliphatic carbocycles. The molecule has 90 valence electrons. The van der Waals surface area contributed by atoms with Crippen LogP contribution in [0.1, 0.15) is 17.1 Å². The third kappa shape index (κ3) is 2.29. The van der Waals surface area contributed by atoms with E-state index in [1.165, 1.54) is 0 Å². The lowest BCUT2D eigenvalue weighted by Crippen LogP contribution is -2.00. The lowest BCUT2D eigenvalue weighted by Gasteiger charge is -2.06. The highest BCUT2D eigenvalue weighted by molar-refractivity contribution is 5.35. The third-order valence-corrected chi connectivity index (χ3v) is 2.64. The smallest absolute Gasteiger partial charge is 0.219 e. The Hall–Kier alpha value is -1.88. The molecule has 0 unspecified atom stereocenters. The first-order valence-electron chi connectivity index (χ1n) is 5.46. The van der Waals surface area contributed by atoms with Crippen LogP contribution >= 0.6 is 0 Å². The fourth-order valence-electron chi connectivity index (χ4n) is 1.63. The van der Waals surface area contributed by atoms with Crippen LogP contribution in [0.4, 0.5) is 0 Å². The molecule has 0 saturated carbocycles. The van der Waals surface area contributed by atoms with Crippen molar-refractivity contribution in [2.45, 2.75) is 20.4 Å². The van der Waals surface area contributed by atoms with Gasteiger partial charge in [0, 0.05) is 19.7 Å². The van der Waals surface area contributed by atoms with Crippen molar-refractivity contribution in [3.05, 3.63) is 35.3 Å². The topological polar surface area (TPSA) is 66.0 Å². The molecule has 2 N–H and O–H groups in total. The van der Waals surface area contributed by atoms with Crippen LogP contribution < -0.4 is 10.5 Å². The first kappa shape index (κ1) is 11.6. The van der Waals surface area contributed by atoms with Gasteiger partial charge in [-0.05, 0) is 19.9 Å². The van der Waals surface area contributed by atoms with E-state index in [0.717, 1.165) is 22.8 Å². The van der Waals surface area contributed by atoms with Crippen LogP contribution in [0, 0.1) is 13.8 Å². The second-order valence-electron chi connectivity index (χ2n) is 3.90. The van der Waals surface area contributed by atoms with E-state index < -0.39 is 0 Å². The van der Waals surface area contributed by atoms with Crippen molar-refractivity contribution >= 4 is 0 Å². The largest absolute Gasteiger partial charge is 0.435 e. The lowest BCUT2D eigenvalue weighted by atomic mass is 10.3. The molecule has 2 rings (SSSR count). The van der Waals surface area contributed by atoms with Gasteiger partial charge in [-0.3, -0.25) is 4.68 Å². The molecule has 2 aromatic heterocycles. The first-order chi connectivity index (χ1) is 8.11. The highest BCUT2D eigenvalue weighted by Gasteiger charge is 2.12. The number of ether oxygens (including phenoxy) is 1. The van der Waals surface area contributed by atoms with Crippen LogP contribution in [-0.2, 0) is 13.6 Å². The van der Waals surface area contributed by atoms with Gasteiger partial charge in [0.05, 0.1) is 11.4 Å². The molecule has 0 bridgehead atoms. The summed E-state index contributed by atoms with van der Waals surface area (Å²) in [6.45, 7) is 4.28. The summed E-state index contributed by atoms with van der Waals surface area (Å²) >= 11 is 0. The van der Waals surface area contributed by atoms with E-state index in [4.69, 9.17) is 10.5 Å². The Morgan fingerprint density at radius 1 is 1.35 bits per heavy atom.